The number of esters is 1. The van der Waals surface area contributed by atoms with Gasteiger partial charge in [-0.1, -0.05) is 23.7 Å². The van der Waals surface area contributed by atoms with Crippen molar-refractivity contribution >= 4 is 23.5 Å². The largest absolute Gasteiger partial charge is 0.491 e. The summed E-state index contributed by atoms with van der Waals surface area (Å²) in [5.41, 5.74) is 0.140. The lowest BCUT2D eigenvalue weighted by atomic mass is 9.75. The number of amides is 1. The molecule has 1 fully saturated rings. The fraction of sp³-hybridized carbons (Fsp3) is 0.524. The quantitative estimate of drug-likeness (QED) is 0.700. The summed E-state index contributed by atoms with van der Waals surface area (Å²) in [6.07, 6.45) is 1.82. The maximum atomic E-state index is 13.0. The number of allylic oxidation sites excluding steroid dienone is 1. The molecule has 1 aromatic carbocycles. The molecular weight excluding hydrogens is 382 g/mol. The summed E-state index contributed by atoms with van der Waals surface area (Å²) in [7, 11) is 0. The zero-order chi connectivity index (χ0) is 20.1. The van der Waals surface area contributed by atoms with Gasteiger partial charge >= 0.3 is 5.97 Å². The molecule has 0 aliphatic carbocycles. The van der Waals surface area contributed by atoms with E-state index in [1.807, 2.05) is 18.2 Å². The summed E-state index contributed by atoms with van der Waals surface area (Å²) in [6, 6.07) is 7.46. The highest BCUT2D eigenvalue weighted by molar-refractivity contribution is 6.30. The van der Waals surface area contributed by atoms with E-state index in [1.54, 1.807) is 24.8 Å². The molecule has 0 aromatic heterocycles. The SMILES string of the molecule is CCOC(=O)C1(Cc2cccc(Cl)c2)CCCN(C(=O)C2=C(C)OCCO2)C1. The molecule has 6 nitrogen and oxygen atoms in total. The third kappa shape index (κ3) is 4.43. The summed E-state index contributed by atoms with van der Waals surface area (Å²) in [5, 5.41) is 0.619. The van der Waals surface area contributed by atoms with E-state index >= 15 is 0 Å². The molecule has 2 heterocycles. The van der Waals surface area contributed by atoms with Crippen LogP contribution >= 0.6 is 11.6 Å². The fourth-order valence-electron chi connectivity index (χ4n) is 3.87. The highest BCUT2D eigenvalue weighted by atomic mass is 35.5. The molecule has 152 valence electrons. The molecule has 0 saturated carbocycles. The molecule has 1 amide bonds. The van der Waals surface area contributed by atoms with Crippen LogP contribution in [0.4, 0.5) is 0 Å². The zero-order valence-corrected chi connectivity index (χ0v) is 17.1. The second-order valence-electron chi connectivity index (χ2n) is 7.22. The summed E-state index contributed by atoms with van der Waals surface area (Å²) in [6.45, 7) is 5.43. The Morgan fingerprint density at radius 3 is 2.79 bits per heavy atom. The molecule has 7 heteroatoms. The van der Waals surface area contributed by atoms with Crippen LogP contribution in [-0.4, -0.2) is 49.7 Å². The lowest BCUT2D eigenvalue weighted by Crippen LogP contribution is -2.52. The van der Waals surface area contributed by atoms with Gasteiger partial charge in [-0.15, -0.1) is 0 Å². The van der Waals surface area contributed by atoms with Crippen LogP contribution in [0, 0.1) is 5.41 Å². The molecule has 1 saturated heterocycles. The minimum atomic E-state index is -0.807. The molecule has 0 radical (unpaired) electrons. The van der Waals surface area contributed by atoms with Crippen molar-refractivity contribution < 1.29 is 23.8 Å². The number of hydrogen-bond acceptors (Lipinski definition) is 5. The Bertz CT molecular complexity index is 778. The van der Waals surface area contributed by atoms with Crippen molar-refractivity contribution in [3.05, 3.63) is 46.4 Å². The summed E-state index contributed by atoms with van der Waals surface area (Å²) in [4.78, 5) is 27.7. The van der Waals surface area contributed by atoms with Crippen LogP contribution < -0.4 is 0 Å². The molecule has 0 bridgehead atoms. The van der Waals surface area contributed by atoms with Crippen molar-refractivity contribution in [3.8, 4) is 0 Å². The Labute approximate surface area is 170 Å². The van der Waals surface area contributed by atoms with Gasteiger partial charge in [-0.05, 0) is 50.8 Å². The maximum Gasteiger partial charge on any atom is 0.314 e. The Hall–Kier alpha value is -2.21. The zero-order valence-electron chi connectivity index (χ0n) is 16.3. The summed E-state index contributed by atoms with van der Waals surface area (Å²) >= 11 is 6.13. The van der Waals surface area contributed by atoms with Gasteiger partial charge in [0, 0.05) is 18.1 Å². The first-order valence-electron chi connectivity index (χ1n) is 9.62. The molecule has 1 aromatic rings. The number of hydrogen-bond donors (Lipinski definition) is 0. The number of benzene rings is 1. The van der Waals surface area contributed by atoms with E-state index < -0.39 is 5.41 Å². The molecular formula is C21H26ClNO5. The second kappa shape index (κ2) is 8.86. The fourth-order valence-corrected chi connectivity index (χ4v) is 4.08. The maximum absolute atomic E-state index is 13.0. The van der Waals surface area contributed by atoms with Gasteiger partial charge in [0.1, 0.15) is 19.0 Å². The van der Waals surface area contributed by atoms with E-state index in [9.17, 15) is 9.59 Å². The van der Waals surface area contributed by atoms with Gasteiger partial charge in [0.25, 0.3) is 5.91 Å². The predicted molar refractivity (Wildman–Crippen MR) is 105 cm³/mol. The Morgan fingerprint density at radius 2 is 2.07 bits per heavy atom. The van der Waals surface area contributed by atoms with E-state index in [0.29, 0.717) is 56.4 Å². The van der Waals surface area contributed by atoms with Gasteiger partial charge in [0.15, 0.2) is 0 Å². The van der Waals surface area contributed by atoms with E-state index in [1.165, 1.54) is 0 Å². The van der Waals surface area contributed by atoms with Crippen LogP contribution in [0.25, 0.3) is 0 Å². The lowest BCUT2D eigenvalue weighted by molar-refractivity contribution is -0.161. The van der Waals surface area contributed by atoms with Crippen molar-refractivity contribution in [2.24, 2.45) is 5.41 Å². The molecule has 1 unspecified atom stereocenters. The lowest BCUT2D eigenvalue weighted by Gasteiger charge is -2.41. The first-order valence-corrected chi connectivity index (χ1v) is 10.0. The first-order chi connectivity index (χ1) is 13.4. The van der Waals surface area contributed by atoms with Crippen molar-refractivity contribution in [1.29, 1.82) is 0 Å². The van der Waals surface area contributed by atoms with Crippen LogP contribution in [-0.2, 0) is 30.2 Å². The molecule has 3 rings (SSSR count). The second-order valence-corrected chi connectivity index (χ2v) is 7.66. The Morgan fingerprint density at radius 1 is 1.29 bits per heavy atom. The number of carbonyl (C=O) groups is 2. The van der Waals surface area contributed by atoms with Crippen molar-refractivity contribution in [1.82, 2.24) is 4.90 Å². The van der Waals surface area contributed by atoms with Crippen molar-refractivity contribution in [3.63, 3.8) is 0 Å². The monoisotopic (exact) mass is 407 g/mol. The van der Waals surface area contributed by atoms with E-state index in [0.717, 1.165) is 5.56 Å². The molecule has 1 atom stereocenters. The molecule has 0 spiro atoms. The normalized spacial score (nSPS) is 22.3. The highest BCUT2D eigenvalue weighted by Gasteiger charge is 2.45. The number of nitrogens with zero attached hydrogens (tertiary/aromatic N) is 1. The predicted octanol–water partition coefficient (Wildman–Crippen LogP) is 3.33. The average molecular weight is 408 g/mol. The minimum absolute atomic E-state index is 0.230. The van der Waals surface area contributed by atoms with Gasteiger partial charge in [0.05, 0.1) is 12.0 Å². The number of likely N-dealkylation sites (tertiary alicyclic amines) is 1. The van der Waals surface area contributed by atoms with Crippen LogP contribution in [0.5, 0.6) is 0 Å². The number of rotatable bonds is 5. The third-order valence-electron chi connectivity index (χ3n) is 5.17. The highest BCUT2D eigenvalue weighted by Crippen LogP contribution is 2.36. The van der Waals surface area contributed by atoms with Crippen LogP contribution in [0.15, 0.2) is 35.8 Å². The standard InChI is InChI=1S/C21H26ClNO5/c1-3-26-20(25)21(13-16-6-4-7-17(22)12-16)8-5-9-23(14-21)19(24)18-15(2)27-10-11-28-18/h4,6-7,12H,3,5,8-11,13-14H2,1-2H3. The summed E-state index contributed by atoms with van der Waals surface area (Å²) < 4.78 is 16.4. The first kappa shape index (κ1) is 20.5. The molecule has 2 aliphatic heterocycles. The average Bonchev–Trinajstić information content (AvgIpc) is 2.68. The van der Waals surface area contributed by atoms with Crippen LogP contribution in [0.2, 0.25) is 5.02 Å². The number of piperidine rings is 1. The van der Waals surface area contributed by atoms with Crippen molar-refractivity contribution in [2.45, 2.75) is 33.1 Å². The smallest absolute Gasteiger partial charge is 0.314 e. The topological polar surface area (TPSA) is 65.1 Å². The number of halogens is 1. The Kier molecular flexibility index (Phi) is 6.50. The number of ether oxygens (including phenoxy) is 3. The third-order valence-corrected chi connectivity index (χ3v) is 5.40. The summed E-state index contributed by atoms with van der Waals surface area (Å²) in [5.74, 6) is 0.197. The number of carbonyl (C=O) groups excluding carboxylic acids is 2. The Balaban J connectivity index is 1.87. The minimum Gasteiger partial charge on any atom is -0.491 e. The van der Waals surface area contributed by atoms with E-state index in [4.69, 9.17) is 25.8 Å². The molecule has 2 aliphatic rings. The molecule has 28 heavy (non-hydrogen) atoms. The molecule has 0 N–H and O–H groups in total. The van der Waals surface area contributed by atoms with Crippen LogP contribution in [0.1, 0.15) is 32.3 Å². The van der Waals surface area contributed by atoms with E-state index in [-0.39, 0.29) is 24.2 Å². The van der Waals surface area contributed by atoms with Gasteiger partial charge < -0.3 is 19.1 Å². The van der Waals surface area contributed by atoms with E-state index in [2.05, 4.69) is 0 Å². The van der Waals surface area contributed by atoms with Gasteiger partial charge in [-0.25, -0.2) is 0 Å². The van der Waals surface area contributed by atoms with Gasteiger partial charge in [-0.2, -0.15) is 0 Å². The van der Waals surface area contributed by atoms with Gasteiger partial charge in [0.2, 0.25) is 5.76 Å². The van der Waals surface area contributed by atoms with Crippen LogP contribution in [0.3, 0.4) is 0 Å². The van der Waals surface area contributed by atoms with Crippen molar-refractivity contribution in [2.75, 3.05) is 32.9 Å². The van der Waals surface area contributed by atoms with Gasteiger partial charge in [-0.3, -0.25) is 9.59 Å².